The maximum absolute atomic E-state index is 11.9. The van der Waals surface area contributed by atoms with E-state index in [0.717, 1.165) is 5.56 Å². The summed E-state index contributed by atoms with van der Waals surface area (Å²) in [7, 11) is 0. The van der Waals surface area contributed by atoms with Gasteiger partial charge in [0.05, 0.1) is 0 Å². The zero-order valence-electron chi connectivity index (χ0n) is 13.5. The average molecular weight is 326 g/mol. The van der Waals surface area contributed by atoms with E-state index in [1.807, 2.05) is 19.1 Å². The first kappa shape index (κ1) is 17.2. The van der Waals surface area contributed by atoms with Gasteiger partial charge in [-0.15, -0.1) is 0 Å². The van der Waals surface area contributed by atoms with Crippen LogP contribution in [0.15, 0.2) is 48.5 Å². The van der Waals surface area contributed by atoms with Crippen LogP contribution in [0.3, 0.4) is 0 Å². The number of hydrazine groups is 1. The van der Waals surface area contributed by atoms with E-state index in [0.29, 0.717) is 16.9 Å². The SMILES string of the molecule is CC(=O)c1ccc(OCC(=O)NNC(=O)c2ccccc2C)cc1. The molecule has 0 aliphatic carbocycles. The molecule has 0 bridgehead atoms. The van der Waals surface area contributed by atoms with E-state index in [-0.39, 0.29) is 12.4 Å². The molecule has 6 nitrogen and oxygen atoms in total. The van der Waals surface area contributed by atoms with Crippen LogP contribution >= 0.6 is 0 Å². The van der Waals surface area contributed by atoms with E-state index in [4.69, 9.17) is 4.74 Å². The number of Topliss-reactive ketones (excluding diaryl/α,β-unsaturated/α-hetero) is 1. The van der Waals surface area contributed by atoms with Crippen molar-refractivity contribution in [1.29, 1.82) is 0 Å². The van der Waals surface area contributed by atoms with Gasteiger partial charge in [0.1, 0.15) is 5.75 Å². The topological polar surface area (TPSA) is 84.5 Å². The predicted molar refractivity (Wildman–Crippen MR) is 88.7 cm³/mol. The van der Waals surface area contributed by atoms with Crippen molar-refractivity contribution in [3.63, 3.8) is 0 Å². The molecule has 0 aliphatic heterocycles. The Kier molecular flexibility index (Phi) is 5.68. The quantitative estimate of drug-likeness (QED) is 0.650. The van der Waals surface area contributed by atoms with Crippen LogP contribution in [0.4, 0.5) is 0 Å². The van der Waals surface area contributed by atoms with Gasteiger partial charge in [-0.1, -0.05) is 18.2 Å². The van der Waals surface area contributed by atoms with Gasteiger partial charge in [0.25, 0.3) is 11.8 Å². The molecule has 0 atom stereocenters. The van der Waals surface area contributed by atoms with Crippen molar-refractivity contribution in [2.45, 2.75) is 13.8 Å². The lowest BCUT2D eigenvalue weighted by Crippen LogP contribution is -2.44. The second-order valence-corrected chi connectivity index (χ2v) is 5.19. The van der Waals surface area contributed by atoms with E-state index < -0.39 is 11.8 Å². The molecule has 0 heterocycles. The third kappa shape index (κ3) is 4.67. The molecule has 0 unspecified atom stereocenters. The third-order valence-corrected chi connectivity index (χ3v) is 3.34. The molecule has 2 rings (SSSR count). The number of hydrogen-bond acceptors (Lipinski definition) is 4. The Hall–Kier alpha value is -3.15. The van der Waals surface area contributed by atoms with Gasteiger partial charge in [-0.3, -0.25) is 25.2 Å². The Morgan fingerprint density at radius 2 is 1.62 bits per heavy atom. The molecule has 0 saturated heterocycles. The number of nitrogens with one attached hydrogen (secondary N) is 2. The van der Waals surface area contributed by atoms with Crippen LogP contribution in [0.1, 0.15) is 33.2 Å². The highest BCUT2D eigenvalue weighted by atomic mass is 16.5. The largest absolute Gasteiger partial charge is 0.484 e. The molecule has 24 heavy (non-hydrogen) atoms. The van der Waals surface area contributed by atoms with Crippen LogP contribution in [-0.2, 0) is 4.79 Å². The van der Waals surface area contributed by atoms with Crippen molar-refractivity contribution in [3.8, 4) is 5.75 Å². The zero-order chi connectivity index (χ0) is 17.5. The van der Waals surface area contributed by atoms with Gasteiger partial charge in [0.2, 0.25) is 0 Å². The lowest BCUT2D eigenvalue weighted by atomic mass is 10.1. The summed E-state index contributed by atoms with van der Waals surface area (Å²) in [5.74, 6) is -0.474. The van der Waals surface area contributed by atoms with Crippen LogP contribution < -0.4 is 15.6 Å². The van der Waals surface area contributed by atoms with Crippen LogP contribution in [0.5, 0.6) is 5.75 Å². The average Bonchev–Trinajstić information content (AvgIpc) is 2.58. The van der Waals surface area contributed by atoms with Crippen molar-refractivity contribution in [2.75, 3.05) is 6.61 Å². The van der Waals surface area contributed by atoms with Crippen molar-refractivity contribution in [1.82, 2.24) is 10.9 Å². The minimum absolute atomic E-state index is 0.0433. The molecular formula is C18H18N2O4. The number of benzene rings is 2. The second kappa shape index (κ2) is 7.92. The molecule has 0 aliphatic rings. The fourth-order valence-corrected chi connectivity index (χ4v) is 1.99. The van der Waals surface area contributed by atoms with Gasteiger partial charge in [0.15, 0.2) is 12.4 Å². The van der Waals surface area contributed by atoms with E-state index in [2.05, 4.69) is 10.9 Å². The van der Waals surface area contributed by atoms with Crippen molar-refractivity contribution < 1.29 is 19.1 Å². The maximum Gasteiger partial charge on any atom is 0.276 e. The Labute approximate surface area is 139 Å². The number of ketones is 1. The fourth-order valence-electron chi connectivity index (χ4n) is 1.99. The van der Waals surface area contributed by atoms with Crippen LogP contribution in [0.25, 0.3) is 0 Å². The summed E-state index contributed by atoms with van der Waals surface area (Å²) >= 11 is 0. The summed E-state index contributed by atoms with van der Waals surface area (Å²) in [5, 5.41) is 0. The molecule has 0 fully saturated rings. The Morgan fingerprint density at radius 1 is 0.958 bits per heavy atom. The first-order valence-electron chi connectivity index (χ1n) is 7.36. The molecule has 6 heteroatoms. The molecule has 2 N–H and O–H groups in total. The minimum Gasteiger partial charge on any atom is -0.484 e. The molecule has 0 radical (unpaired) electrons. The van der Waals surface area contributed by atoms with Gasteiger partial charge in [-0.2, -0.15) is 0 Å². The van der Waals surface area contributed by atoms with Crippen LogP contribution in [0, 0.1) is 6.92 Å². The van der Waals surface area contributed by atoms with Gasteiger partial charge in [0, 0.05) is 11.1 Å². The number of ether oxygens (including phenoxy) is 1. The normalized spacial score (nSPS) is 9.92. The molecule has 2 amide bonds. The summed E-state index contributed by atoms with van der Waals surface area (Å²) in [4.78, 5) is 34.8. The highest BCUT2D eigenvalue weighted by molar-refractivity contribution is 5.96. The van der Waals surface area contributed by atoms with Gasteiger partial charge in [-0.25, -0.2) is 0 Å². The van der Waals surface area contributed by atoms with Crippen molar-refractivity contribution in [3.05, 3.63) is 65.2 Å². The first-order valence-corrected chi connectivity index (χ1v) is 7.36. The second-order valence-electron chi connectivity index (χ2n) is 5.19. The summed E-state index contributed by atoms with van der Waals surface area (Å²) < 4.78 is 5.29. The predicted octanol–water partition coefficient (Wildman–Crippen LogP) is 2.04. The lowest BCUT2D eigenvalue weighted by Gasteiger charge is -2.10. The van der Waals surface area contributed by atoms with Crippen molar-refractivity contribution >= 4 is 17.6 Å². The number of carbonyl (C=O) groups excluding carboxylic acids is 3. The summed E-state index contributed by atoms with van der Waals surface area (Å²) in [6.07, 6.45) is 0. The maximum atomic E-state index is 11.9. The number of carbonyl (C=O) groups is 3. The molecule has 0 spiro atoms. The number of aryl methyl sites for hydroxylation is 1. The molecular weight excluding hydrogens is 308 g/mol. The van der Waals surface area contributed by atoms with E-state index >= 15 is 0 Å². The Balaban J connectivity index is 1.80. The number of amides is 2. The molecule has 2 aromatic rings. The van der Waals surface area contributed by atoms with E-state index in [1.54, 1.807) is 36.4 Å². The first-order chi connectivity index (χ1) is 11.5. The Morgan fingerprint density at radius 3 is 2.25 bits per heavy atom. The highest BCUT2D eigenvalue weighted by Crippen LogP contribution is 2.12. The van der Waals surface area contributed by atoms with E-state index in [1.165, 1.54) is 6.92 Å². The summed E-state index contributed by atoms with van der Waals surface area (Å²) in [6.45, 7) is 3.03. The zero-order valence-corrected chi connectivity index (χ0v) is 13.5. The number of rotatable bonds is 5. The van der Waals surface area contributed by atoms with Crippen LogP contribution in [-0.4, -0.2) is 24.2 Å². The fraction of sp³-hybridized carbons (Fsp3) is 0.167. The van der Waals surface area contributed by atoms with E-state index in [9.17, 15) is 14.4 Å². The monoisotopic (exact) mass is 326 g/mol. The lowest BCUT2D eigenvalue weighted by molar-refractivity contribution is -0.123. The summed E-state index contributed by atoms with van der Waals surface area (Å²) in [5.41, 5.74) is 6.49. The minimum atomic E-state index is -0.493. The van der Waals surface area contributed by atoms with Gasteiger partial charge < -0.3 is 4.74 Å². The standard InChI is InChI=1S/C18H18N2O4/c1-12-5-3-4-6-16(12)18(23)20-19-17(22)11-24-15-9-7-14(8-10-15)13(2)21/h3-10H,11H2,1-2H3,(H,19,22)(H,20,23). The summed E-state index contributed by atoms with van der Waals surface area (Å²) in [6, 6.07) is 13.5. The molecule has 124 valence electrons. The Bertz CT molecular complexity index is 754. The molecule has 0 saturated carbocycles. The van der Waals surface area contributed by atoms with Gasteiger partial charge >= 0.3 is 0 Å². The smallest absolute Gasteiger partial charge is 0.276 e. The van der Waals surface area contributed by atoms with Crippen LogP contribution in [0.2, 0.25) is 0 Å². The third-order valence-electron chi connectivity index (χ3n) is 3.34. The van der Waals surface area contributed by atoms with Crippen molar-refractivity contribution in [2.24, 2.45) is 0 Å². The number of hydrogen-bond donors (Lipinski definition) is 2. The highest BCUT2D eigenvalue weighted by Gasteiger charge is 2.10. The molecule has 2 aromatic carbocycles. The van der Waals surface area contributed by atoms with Gasteiger partial charge in [-0.05, 0) is 49.7 Å². The molecule has 0 aromatic heterocycles.